The number of rotatable bonds is 3. The van der Waals surface area contributed by atoms with Crippen molar-refractivity contribution >= 4 is 28.4 Å². The van der Waals surface area contributed by atoms with E-state index in [0.29, 0.717) is 11.1 Å². The maximum atomic E-state index is 12.1. The summed E-state index contributed by atoms with van der Waals surface area (Å²) in [6.07, 6.45) is 0.268. The molecule has 0 aliphatic rings. The molecular weight excluding hydrogens is 337 g/mol. The third kappa shape index (κ3) is 2.96. The molecule has 0 N–H and O–H groups in total. The van der Waals surface area contributed by atoms with E-state index >= 15 is 0 Å². The zero-order valence-electron chi connectivity index (χ0n) is 9.56. The SMILES string of the molecule is N#Cc1ccccc1CC(=O)c1cccc(I)c1. The highest BCUT2D eigenvalue weighted by Gasteiger charge is 2.10. The summed E-state index contributed by atoms with van der Waals surface area (Å²) in [5.74, 6) is 0.0382. The summed E-state index contributed by atoms with van der Waals surface area (Å²) in [5.41, 5.74) is 2.04. The summed E-state index contributed by atoms with van der Waals surface area (Å²) in [7, 11) is 0. The molecule has 2 aromatic carbocycles. The number of carbonyl (C=O) groups excluding carboxylic acids is 1. The van der Waals surface area contributed by atoms with Crippen LogP contribution in [0.1, 0.15) is 21.5 Å². The van der Waals surface area contributed by atoms with E-state index in [4.69, 9.17) is 5.26 Å². The zero-order valence-corrected chi connectivity index (χ0v) is 11.7. The van der Waals surface area contributed by atoms with Crippen molar-refractivity contribution in [3.05, 3.63) is 68.8 Å². The number of nitriles is 1. The molecule has 0 bridgehead atoms. The Kier molecular flexibility index (Phi) is 4.11. The average Bonchev–Trinajstić information content (AvgIpc) is 2.39. The monoisotopic (exact) mass is 347 g/mol. The van der Waals surface area contributed by atoms with Gasteiger partial charge in [-0.1, -0.05) is 30.3 Å². The average molecular weight is 347 g/mol. The minimum atomic E-state index is 0.0382. The molecule has 0 aromatic heterocycles. The molecule has 0 fully saturated rings. The predicted octanol–water partition coefficient (Wildman–Crippen LogP) is 3.59. The Balaban J connectivity index is 2.25. The zero-order chi connectivity index (χ0) is 13.0. The van der Waals surface area contributed by atoms with E-state index in [2.05, 4.69) is 28.7 Å². The predicted molar refractivity (Wildman–Crippen MR) is 78.4 cm³/mol. The highest BCUT2D eigenvalue weighted by Crippen LogP contribution is 2.14. The molecule has 0 spiro atoms. The van der Waals surface area contributed by atoms with Crippen molar-refractivity contribution in [3.8, 4) is 6.07 Å². The van der Waals surface area contributed by atoms with Crippen LogP contribution < -0.4 is 0 Å². The fourth-order valence-electron chi connectivity index (χ4n) is 1.72. The number of Topliss-reactive ketones (excluding diaryl/α,β-unsaturated/α-hetero) is 1. The third-order valence-electron chi connectivity index (χ3n) is 2.64. The van der Waals surface area contributed by atoms with E-state index in [1.165, 1.54) is 0 Å². The van der Waals surface area contributed by atoms with Gasteiger partial charge < -0.3 is 0 Å². The molecule has 0 atom stereocenters. The Hall–Kier alpha value is -1.67. The van der Waals surface area contributed by atoms with E-state index in [1.54, 1.807) is 18.2 Å². The Bertz CT molecular complexity index is 628. The first-order valence-corrected chi connectivity index (χ1v) is 6.55. The van der Waals surface area contributed by atoms with Gasteiger partial charge in [0, 0.05) is 15.6 Å². The van der Waals surface area contributed by atoms with Gasteiger partial charge in [0.1, 0.15) is 0 Å². The molecule has 0 unspecified atom stereocenters. The summed E-state index contributed by atoms with van der Waals surface area (Å²) >= 11 is 2.18. The fourth-order valence-corrected chi connectivity index (χ4v) is 2.26. The van der Waals surface area contributed by atoms with E-state index in [0.717, 1.165) is 9.13 Å². The summed E-state index contributed by atoms with van der Waals surface area (Å²) < 4.78 is 1.03. The number of hydrogen-bond acceptors (Lipinski definition) is 2. The second-order valence-electron chi connectivity index (χ2n) is 3.88. The van der Waals surface area contributed by atoms with Gasteiger partial charge in [0.15, 0.2) is 5.78 Å². The molecular formula is C15H10INO. The van der Waals surface area contributed by atoms with Crippen LogP contribution in [-0.4, -0.2) is 5.78 Å². The normalized spacial score (nSPS) is 9.78. The molecule has 0 saturated heterocycles. The highest BCUT2D eigenvalue weighted by atomic mass is 127. The lowest BCUT2D eigenvalue weighted by Gasteiger charge is -2.04. The number of carbonyl (C=O) groups is 1. The van der Waals surface area contributed by atoms with Crippen LogP contribution in [0.5, 0.6) is 0 Å². The number of hydrogen-bond donors (Lipinski definition) is 0. The van der Waals surface area contributed by atoms with Crippen LogP contribution in [0.25, 0.3) is 0 Å². The molecule has 0 aliphatic heterocycles. The molecule has 2 nitrogen and oxygen atoms in total. The Morgan fingerprint density at radius 2 is 1.94 bits per heavy atom. The van der Waals surface area contributed by atoms with E-state index in [-0.39, 0.29) is 12.2 Å². The lowest BCUT2D eigenvalue weighted by atomic mass is 9.99. The van der Waals surface area contributed by atoms with Crippen LogP contribution in [0.2, 0.25) is 0 Å². The lowest BCUT2D eigenvalue weighted by Crippen LogP contribution is -2.05. The van der Waals surface area contributed by atoms with Crippen molar-refractivity contribution < 1.29 is 4.79 Å². The third-order valence-corrected chi connectivity index (χ3v) is 3.31. The Labute approximate surface area is 119 Å². The fraction of sp³-hybridized carbons (Fsp3) is 0.0667. The maximum absolute atomic E-state index is 12.1. The van der Waals surface area contributed by atoms with Gasteiger partial charge >= 0.3 is 0 Å². The topological polar surface area (TPSA) is 40.9 Å². The molecule has 0 heterocycles. The summed E-state index contributed by atoms with van der Waals surface area (Å²) in [4.78, 5) is 12.1. The first-order chi connectivity index (χ1) is 8.70. The molecule has 3 heteroatoms. The van der Waals surface area contributed by atoms with Crippen LogP contribution in [0, 0.1) is 14.9 Å². The van der Waals surface area contributed by atoms with E-state index < -0.39 is 0 Å². The highest BCUT2D eigenvalue weighted by molar-refractivity contribution is 14.1. The van der Waals surface area contributed by atoms with Gasteiger partial charge in [0.25, 0.3) is 0 Å². The van der Waals surface area contributed by atoms with Gasteiger partial charge in [-0.2, -0.15) is 5.26 Å². The van der Waals surface area contributed by atoms with Crippen molar-refractivity contribution in [3.63, 3.8) is 0 Å². The van der Waals surface area contributed by atoms with Crippen LogP contribution in [0.3, 0.4) is 0 Å². The quantitative estimate of drug-likeness (QED) is 0.629. The molecule has 2 aromatic rings. The molecule has 0 amide bonds. The number of ketones is 1. The van der Waals surface area contributed by atoms with Crippen molar-refractivity contribution in [2.75, 3.05) is 0 Å². The van der Waals surface area contributed by atoms with Crippen molar-refractivity contribution in [1.82, 2.24) is 0 Å². The smallest absolute Gasteiger partial charge is 0.167 e. The van der Waals surface area contributed by atoms with Crippen molar-refractivity contribution in [2.45, 2.75) is 6.42 Å². The van der Waals surface area contributed by atoms with Crippen LogP contribution in [0.15, 0.2) is 48.5 Å². The van der Waals surface area contributed by atoms with Gasteiger partial charge in [-0.15, -0.1) is 0 Å². The molecule has 18 heavy (non-hydrogen) atoms. The Morgan fingerprint density at radius 3 is 2.67 bits per heavy atom. The molecule has 88 valence electrons. The lowest BCUT2D eigenvalue weighted by molar-refractivity contribution is 0.0993. The molecule has 0 saturated carbocycles. The largest absolute Gasteiger partial charge is 0.294 e. The minimum Gasteiger partial charge on any atom is -0.294 e. The number of halogens is 1. The maximum Gasteiger partial charge on any atom is 0.167 e. The van der Waals surface area contributed by atoms with Gasteiger partial charge in [-0.05, 0) is 46.4 Å². The summed E-state index contributed by atoms with van der Waals surface area (Å²) in [6, 6.07) is 16.8. The standard InChI is InChI=1S/C15H10INO/c16-14-7-3-6-12(8-14)15(18)9-11-4-1-2-5-13(11)10-17/h1-8H,9H2. The van der Waals surface area contributed by atoms with Crippen LogP contribution in [0.4, 0.5) is 0 Å². The molecule has 0 radical (unpaired) electrons. The van der Waals surface area contributed by atoms with Crippen LogP contribution in [-0.2, 0) is 6.42 Å². The van der Waals surface area contributed by atoms with Gasteiger partial charge in [-0.25, -0.2) is 0 Å². The number of benzene rings is 2. The molecule has 0 aliphatic carbocycles. The van der Waals surface area contributed by atoms with Crippen LogP contribution >= 0.6 is 22.6 Å². The second kappa shape index (κ2) is 5.78. The minimum absolute atomic E-state index is 0.0382. The summed E-state index contributed by atoms with van der Waals surface area (Å²) in [5, 5.41) is 8.98. The summed E-state index contributed by atoms with van der Waals surface area (Å²) in [6.45, 7) is 0. The number of nitrogens with zero attached hydrogens (tertiary/aromatic N) is 1. The van der Waals surface area contributed by atoms with E-state index in [1.807, 2.05) is 30.3 Å². The van der Waals surface area contributed by atoms with Crippen molar-refractivity contribution in [1.29, 1.82) is 5.26 Å². The van der Waals surface area contributed by atoms with Crippen molar-refractivity contribution in [2.24, 2.45) is 0 Å². The first kappa shape index (κ1) is 12.8. The Morgan fingerprint density at radius 1 is 1.17 bits per heavy atom. The van der Waals surface area contributed by atoms with Gasteiger partial charge in [-0.3, -0.25) is 4.79 Å². The molecule has 2 rings (SSSR count). The van der Waals surface area contributed by atoms with Gasteiger partial charge in [0.2, 0.25) is 0 Å². The van der Waals surface area contributed by atoms with E-state index in [9.17, 15) is 4.79 Å². The second-order valence-corrected chi connectivity index (χ2v) is 5.12. The van der Waals surface area contributed by atoms with Gasteiger partial charge in [0.05, 0.1) is 11.6 Å². The first-order valence-electron chi connectivity index (χ1n) is 5.47.